The van der Waals surface area contributed by atoms with Crippen molar-refractivity contribution in [2.45, 2.75) is 30.6 Å². The van der Waals surface area contributed by atoms with Crippen LogP contribution >= 0.6 is 11.6 Å². The van der Waals surface area contributed by atoms with Crippen LogP contribution in [0.1, 0.15) is 36.2 Å². The van der Waals surface area contributed by atoms with Crippen LogP contribution in [0.3, 0.4) is 0 Å². The third-order valence-corrected chi connectivity index (χ3v) is 6.52. The number of anilines is 1. The lowest BCUT2D eigenvalue weighted by Gasteiger charge is -2.21. The molecule has 0 bridgehead atoms. The third-order valence-electron chi connectivity index (χ3n) is 4.42. The van der Waals surface area contributed by atoms with Gasteiger partial charge in [0.1, 0.15) is 5.75 Å². The summed E-state index contributed by atoms with van der Waals surface area (Å²) in [5, 5.41) is 2.71. The van der Waals surface area contributed by atoms with Crippen LogP contribution in [0.2, 0.25) is 5.22 Å². The van der Waals surface area contributed by atoms with Crippen LogP contribution in [0.15, 0.2) is 39.6 Å². The van der Waals surface area contributed by atoms with Crippen molar-refractivity contribution in [3.05, 3.63) is 41.3 Å². The monoisotopic (exact) mass is 412 g/mol. The number of sulfonamides is 1. The van der Waals surface area contributed by atoms with E-state index >= 15 is 0 Å². The Morgan fingerprint density at radius 2 is 1.85 bits per heavy atom. The van der Waals surface area contributed by atoms with Gasteiger partial charge >= 0.3 is 0 Å². The molecule has 0 atom stereocenters. The number of ether oxygens (including phenoxy) is 1. The Hall–Kier alpha value is -2.03. The van der Waals surface area contributed by atoms with E-state index in [4.69, 9.17) is 20.8 Å². The molecule has 1 N–H and O–H groups in total. The topological polar surface area (TPSA) is 88.9 Å². The number of rotatable bonds is 5. The average molecular weight is 413 g/mol. The van der Waals surface area contributed by atoms with Crippen molar-refractivity contribution in [3.63, 3.8) is 0 Å². The van der Waals surface area contributed by atoms with Crippen LogP contribution < -0.4 is 10.1 Å². The quantitative estimate of drug-likeness (QED) is 0.807. The molecular formula is C18H21ClN2O5S. The Kier molecular flexibility index (Phi) is 6.08. The first kappa shape index (κ1) is 19.7. The molecule has 2 heterocycles. The lowest BCUT2D eigenvalue weighted by Crippen LogP contribution is -2.32. The van der Waals surface area contributed by atoms with E-state index in [9.17, 15) is 13.2 Å². The number of methoxy groups -OCH3 is 1. The Morgan fingerprint density at radius 3 is 2.44 bits per heavy atom. The number of nitrogens with zero attached hydrogens (tertiary/aromatic N) is 1. The maximum Gasteiger partial charge on any atom is 0.291 e. The standard InChI is InChI=1S/C18H21ClN2O5S/c1-25-15-7-6-13(27(23,24)21-10-4-2-3-5-11-21)12-14(15)20-18(22)16-8-9-17(19)26-16/h6-9,12H,2-5,10-11H2,1H3,(H,20,22). The van der Waals surface area contributed by atoms with E-state index in [1.165, 1.54) is 41.7 Å². The first-order chi connectivity index (χ1) is 12.9. The predicted octanol–water partition coefficient (Wildman–Crippen LogP) is 3.76. The van der Waals surface area contributed by atoms with Gasteiger partial charge in [0.25, 0.3) is 5.91 Å². The third kappa shape index (κ3) is 4.45. The molecule has 9 heteroatoms. The highest BCUT2D eigenvalue weighted by molar-refractivity contribution is 7.89. The molecule has 146 valence electrons. The fourth-order valence-electron chi connectivity index (χ4n) is 3.00. The highest BCUT2D eigenvalue weighted by Gasteiger charge is 2.26. The summed E-state index contributed by atoms with van der Waals surface area (Å²) in [5.41, 5.74) is 0.242. The van der Waals surface area contributed by atoms with Gasteiger partial charge in [0, 0.05) is 13.1 Å². The summed E-state index contributed by atoms with van der Waals surface area (Å²) in [5.74, 6) is -0.192. The molecule has 1 aromatic heterocycles. The van der Waals surface area contributed by atoms with E-state index < -0.39 is 15.9 Å². The van der Waals surface area contributed by atoms with Crippen LogP contribution in [0, 0.1) is 0 Å². The molecule has 27 heavy (non-hydrogen) atoms. The van der Waals surface area contributed by atoms with Gasteiger partial charge in [-0.3, -0.25) is 4.79 Å². The van der Waals surface area contributed by atoms with Crippen LogP contribution in [0.4, 0.5) is 5.69 Å². The zero-order valence-electron chi connectivity index (χ0n) is 14.9. The molecule has 1 aliphatic rings. The molecule has 0 aliphatic carbocycles. The molecule has 0 radical (unpaired) electrons. The zero-order valence-corrected chi connectivity index (χ0v) is 16.5. The minimum Gasteiger partial charge on any atom is -0.495 e. The molecule has 0 saturated carbocycles. The summed E-state index contributed by atoms with van der Waals surface area (Å²) in [7, 11) is -2.21. The lowest BCUT2D eigenvalue weighted by atomic mass is 10.2. The molecule has 1 aliphatic heterocycles. The number of furan rings is 1. The van der Waals surface area contributed by atoms with Gasteiger partial charge in [-0.1, -0.05) is 12.8 Å². The van der Waals surface area contributed by atoms with Gasteiger partial charge in [0.05, 0.1) is 17.7 Å². The molecule has 1 amide bonds. The molecule has 1 aromatic carbocycles. The van der Waals surface area contributed by atoms with Crippen molar-refractivity contribution in [1.82, 2.24) is 4.31 Å². The summed E-state index contributed by atoms with van der Waals surface area (Å²) >= 11 is 5.69. The Balaban J connectivity index is 1.89. The SMILES string of the molecule is COc1ccc(S(=O)(=O)N2CCCCCC2)cc1NC(=O)c1ccc(Cl)o1. The minimum atomic E-state index is -3.65. The predicted molar refractivity (Wildman–Crippen MR) is 102 cm³/mol. The molecular weight excluding hydrogens is 392 g/mol. The Labute approximate surface area is 163 Å². The molecule has 2 aromatic rings. The van der Waals surface area contributed by atoms with E-state index in [0.29, 0.717) is 18.8 Å². The minimum absolute atomic E-state index is 0.0165. The zero-order chi connectivity index (χ0) is 19.4. The smallest absolute Gasteiger partial charge is 0.291 e. The van der Waals surface area contributed by atoms with Gasteiger partial charge in [-0.25, -0.2) is 8.42 Å². The molecule has 0 unspecified atom stereocenters. The second-order valence-corrected chi connectivity index (χ2v) is 8.55. The summed E-state index contributed by atoms with van der Waals surface area (Å²) in [6, 6.07) is 7.30. The van der Waals surface area contributed by atoms with Crippen molar-refractivity contribution >= 4 is 33.2 Å². The first-order valence-electron chi connectivity index (χ1n) is 8.66. The fourth-order valence-corrected chi connectivity index (χ4v) is 4.69. The van der Waals surface area contributed by atoms with Crippen LogP contribution in [-0.4, -0.2) is 38.8 Å². The van der Waals surface area contributed by atoms with E-state index in [2.05, 4.69) is 5.32 Å². The summed E-state index contributed by atoms with van der Waals surface area (Å²) in [4.78, 5) is 12.4. The summed E-state index contributed by atoms with van der Waals surface area (Å²) < 4.78 is 37.8. The molecule has 3 rings (SSSR count). The highest BCUT2D eigenvalue weighted by Crippen LogP contribution is 2.30. The van der Waals surface area contributed by atoms with Gasteiger partial charge in [0.15, 0.2) is 11.0 Å². The summed E-state index contributed by atoms with van der Waals surface area (Å²) in [6.45, 7) is 1.00. The number of halogens is 1. The van der Waals surface area contributed by atoms with Crippen molar-refractivity contribution in [2.75, 3.05) is 25.5 Å². The van der Waals surface area contributed by atoms with Crippen LogP contribution in [0.5, 0.6) is 5.75 Å². The Morgan fingerprint density at radius 1 is 1.15 bits per heavy atom. The molecule has 7 nitrogen and oxygen atoms in total. The number of nitrogens with one attached hydrogen (secondary N) is 1. The lowest BCUT2D eigenvalue weighted by molar-refractivity contribution is 0.0996. The van der Waals surface area contributed by atoms with E-state index in [1.807, 2.05) is 0 Å². The van der Waals surface area contributed by atoms with Gasteiger partial charge in [-0.05, 0) is 54.8 Å². The van der Waals surface area contributed by atoms with Crippen molar-refractivity contribution in [2.24, 2.45) is 0 Å². The highest BCUT2D eigenvalue weighted by atomic mass is 35.5. The number of carbonyl (C=O) groups is 1. The Bertz CT molecular complexity index is 918. The first-order valence-corrected chi connectivity index (χ1v) is 10.5. The second kappa shape index (κ2) is 8.33. The number of amides is 1. The largest absolute Gasteiger partial charge is 0.495 e. The average Bonchev–Trinajstić information content (AvgIpc) is 2.91. The molecule has 1 saturated heterocycles. The van der Waals surface area contributed by atoms with Gasteiger partial charge in [-0.2, -0.15) is 4.31 Å². The fraction of sp³-hybridized carbons (Fsp3) is 0.389. The second-order valence-electron chi connectivity index (χ2n) is 6.24. The maximum atomic E-state index is 13.0. The number of hydrogen-bond acceptors (Lipinski definition) is 5. The van der Waals surface area contributed by atoms with Crippen molar-refractivity contribution in [1.29, 1.82) is 0 Å². The van der Waals surface area contributed by atoms with E-state index in [-0.39, 0.29) is 21.6 Å². The summed E-state index contributed by atoms with van der Waals surface area (Å²) in [6.07, 6.45) is 3.75. The van der Waals surface area contributed by atoms with E-state index in [1.54, 1.807) is 0 Å². The van der Waals surface area contributed by atoms with Crippen molar-refractivity contribution < 1.29 is 22.4 Å². The molecule has 1 fully saturated rings. The normalized spacial score (nSPS) is 15.9. The van der Waals surface area contributed by atoms with E-state index in [0.717, 1.165) is 25.7 Å². The van der Waals surface area contributed by atoms with Gasteiger partial charge in [-0.15, -0.1) is 0 Å². The van der Waals surface area contributed by atoms with Gasteiger partial charge in [0.2, 0.25) is 10.0 Å². The number of benzene rings is 1. The molecule has 0 spiro atoms. The van der Waals surface area contributed by atoms with Gasteiger partial charge < -0.3 is 14.5 Å². The van der Waals surface area contributed by atoms with Crippen LogP contribution in [-0.2, 0) is 10.0 Å². The van der Waals surface area contributed by atoms with Crippen molar-refractivity contribution in [3.8, 4) is 5.75 Å². The number of carbonyl (C=O) groups excluding carboxylic acids is 1. The number of hydrogen-bond donors (Lipinski definition) is 1. The maximum absolute atomic E-state index is 13.0. The van der Waals surface area contributed by atoms with Crippen LogP contribution in [0.25, 0.3) is 0 Å².